The maximum atomic E-state index is 4.62. The molecule has 0 aromatic carbocycles. The Balaban J connectivity index is 1.80. The van der Waals surface area contributed by atoms with Crippen LogP contribution in [-0.4, -0.2) is 9.97 Å². The maximum Gasteiger partial charge on any atom is 0.188 e. The number of thiazole rings is 1. The van der Waals surface area contributed by atoms with Crippen molar-refractivity contribution >= 4 is 38.2 Å². The average Bonchev–Trinajstić information content (AvgIpc) is 2.74. The predicted molar refractivity (Wildman–Crippen MR) is 74.0 cm³/mol. The lowest BCUT2D eigenvalue weighted by Gasteiger charge is -2.06. The normalized spacial score (nSPS) is 14.4. The molecule has 1 aliphatic rings. The summed E-state index contributed by atoms with van der Waals surface area (Å²) in [7, 11) is 0. The molecule has 1 aliphatic carbocycles. The van der Waals surface area contributed by atoms with Crippen molar-refractivity contribution in [3.05, 3.63) is 33.4 Å². The first-order valence-corrected chi connectivity index (χ1v) is 7.29. The quantitative estimate of drug-likeness (QED) is 0.913. The number of rotatable bonds is 2. The third-order valence-electron chi connectivity index (χ3n) is 2.81. The highest BCUT2D eigenvalue weighted by Gasteiger charge is 2.15. The zero-order valence-corrected chi connectivity index (χ0v) is 11.6. The Morgan fingerprint density at radius 2 is 2.12 bits per heavy atom. The van der Waals surface area contributed by atoms with Crippen LogP contribution in [0.1, 0.15) is 23.4 Å². The number of aromatic nitrogens is 2. The topological polar surface area (TPSA) is 37.8 Å². The first-order chi connectivity index (χ1) is 8.31. The molecule has 0 amide bonds. The van der Waals surface area contributed by atoms with Gasteiger partial charge in [0.15, 0.2) is 5.13 Å². The molecule has 88 valence electrons. The Labute approximate surface area is 112 Å². The zero-order chi connectivity index (χ0) is 11.7. The highest BCUT2D eigenvalue weighted by Crippen LogP contribution is 2.30. The van der Waals surface area contributed by atoms with E-state index in [1.807, 2.05) is 12.1 Å². The average molecular weight is 310 g/mol. The summed E-state index contributed by atoms with van der Waals surface area (Å²) in [5.41, 5.74) is 1.28. The molecule has 3 nitrogen and oxygen atoms in total. The molecule has 3 rings (SSSR count). The van der Waals surface area contributed by atoms with Gasteiger partial charge in [-0.15, -0.1) is 11.3 Å². The molecule has 1 N–H and O–H groups in total. The molecule has 17 heavy (non-hydrogen) atoms. The molecule has 0 saturated carbocycles. The van der Waals surface area contributed by atoms with Crippen LogP contribution in [0.3, 0.4) is 0 Å². The van der Waals surface area contributed by atoms with Crippen molar-refractivity contribution in [3.8, 4) is 0 Å². The van der Waals surface area contributed by atoms with Gasteiger partial charge in [0.2, 0.25) is 0 Å². The van der Waals surface area contributed by atoms with Gasteiger partial charge in [0, 0.05) is 15.5 Å². The smallest absolute Gasteiger partial charge is 0.188 e. The van der Waals surface area contributed by atoms with E-state index in [-0.39, 0.29) is 0 Å². The number of halogens is 1. The Morgan fingerprint density at radius 3 is 2.88 bits per heavy atom. The second kappa shape index (κ2) is 4.74. The van der Waals surface area contributed by atoms with Gasteiger partial charge in [-0.25, -0.2) is 9.97 Å². The summed E-state index contributed by atoms with van der Waals surface area (Å²) in [4.78, 5) is 10.4. The SMILES string of the molecule is Brc1ccc(Nc2nc3c(s2)CCCC3)nc1. The molecule has 0 unspecified atom stereocenters. The van der Waals surface area contributed by atoms with Gasteiger partial charge in [-0.1, -0.05) is 0 Å². The fourth-order valence-corrected chi connectivity index (χ4v) is 3.26. The van der Waals surface area contributed by atoms with Crippen LogP contribution < -0.4 is 5.32 Å². The van der Waals surface area contributed by atoms with E-state index in [0.717, 1.165) is 21.8 Å². The number of pyridine rings is 1. The molecule has 0 bridgehead atoms. The molecule has 0 aliphatic heterocycles. The van der Waals surface area contributed by atoms with Crippen LogP contribution in [0.15, 0.2) is 22.8 Å². The largest absolute Gasteiger partial charge is 0.316 e. The molecule has 2 aromatic rings. The van der Waals surface area contributed by atoms with Crippen molar-refractivity contribution in [2.45, 2.75) is 25.7 Å². The minimum atomic E-state index is 0.847. The fraction of sp³-hybridized carbons (Fsp3) is 0.333. The van der Waals surface area contributed by atoms with Crippen molar-refractivity contribution in [1.29, 1.82) is 0 Å². The number of hydrogen-bond acceptors (Lipinski definition) is 4. The molecule has 2 aromatic heterocycles. The molecule has 0 spiro atoms. The van der Waals surface area contributed by atoms with E-state index in [1.165, 1.54) is 29.8 Å². The highest BCUT2D eigenvalue weighted by atomic mass is 79.9. The van der Waals surface area contributed by atoms with Gasteiger partial charge in [0.25, 0.3) is 0 Å². The third-order valence-corrected chi connectivity index (χ3v) is 4.35. The molecule has 0 saturated heterocycles. The van der Waals surface area contributed by atoms with Crippen LogP contribution in [0.5, 0.6) is 0 Å². The highest BCUT2D eigenvalue weighted by molar-refractivity contribution is 9.10. The summed E-state index contributed by atoms with van der Waals surface area (Å²) < 4.78 is 0.987. The van der Waals surface area contributed by atoms with E-state index in [1.54, 1.807) is 17.5 Å². The first kappa shape index (κ1) is 11.2. The lowest BCUT2D eigenvalue weighted by Crippen LogP contribution is -1.99. The van der Waals surface area contributed by atoms with Crippen LogP contribution >= 0.6 is 27.3 Å². The van der Waals surface area contributed by atoms with E-state index in [4.69, 9.17) is 0 Å². The van der Waals surface area contributed by atoms with E-state index in [2.05, 4.69) is 31.2 Å². The summed E-state index contributed by atoms with van der Waals surface area (Å²) in [6, 6.07) is 3.92. The minimum Gasteiger partial charge on any atom is -0.316 e. The summed E-state index contributed by atoms with van der Waals surface area (Å²) in [5.74, 6) is 0.847. The Kier molecular flexibility index (Phi) is 3.11. The van der Waals surface area contributed by atoms with E-state index < -0.39 is 0 Å². The summed E-state index contributed by atoms with van der Waals surface area (Å²) in [6.45, 7) is 0. The minimum absolute atomic E-state index is 0.847. The number of nitrogens with one attached hydrogen (secondary N) is 1. The monoisotopic (exact) mass is 309 g/mol. The second-order valence-corrected chi connectivity index (χ2v) is 6.08. The lowest BCUT2D eigenvalue weighted by atomic mass is 10.0. The lowest BCUT2D eigenvalue weighted by molar-refractivity contribution is 0.683. The van der Waals surface area contributed by atoms with Gasteiger partial charge in [-0.2, -0.15) is 0 Å². The third kappa shape index (κ3) is 2.50. The molecule has 5 heteroatoms. The van der Waals surface area contributed by atoms with Crippen molar-refractivity contribution in [3.63, 3.8) is 0 Å². The predicted octanol–water partition coefficient (Wildman–Crippen LogP) is 3.92. The summed E-state index contributed by atoms with van der Waals surface area (Å²) >= 11 is 5.13. The van der Waals surface area contributed by atoms with Crippen LogP contribution in [-0.2, 0) is 12.8 Å². The van der Waals surface area contributed by atoms with Crippen LogP contribution in [0.25, 0.3) is 0 Å². The molecular formula is C12H12BrN3S. The van der Waals surface area contributed by atoms with Gasteiger partial charge in [-0.05, 0) is 53.7 Å². The molecule has 2 heterocycles. The zero-order valence-electron chi connectivity index (χ0n) is 9.24. The number of anilines is 2. The maximum absolute atomic E-state index is 4.62. The second-order valence-electron chi connectivity index (χ2n) is 4.08. The first-order valence-electron chi connectivity index (χ1n) is 5.68. The number of fused-ring (bicyclic) bond motifs is 1. The van der Waals surface area contributed by atoms with Gasteiger partial charge < -0.3 is 5.32 Å². The van der Waals surface area contributed by atoms with E-state index >= 15 is 0 Å². The van der Waals surface area contributed by atoms with Crippen molar-refractivity contribution in [2.24, 2.45) is 0 Å². The number of hydrogen-bond donors (Lipinski definition) is 1. The van der Waals surface area contributed by atoms with Crippen molar-refractivity contribution < 1.29 is 0 Å². The van der Waals surface area contributed by atoms with Gasteiger partial charge in [-0.3, -0.25) is 0 Å². The molecule has 0 radical (unpaired) electrons. The number of aryl methyl sites for hydroxylation is 2. The van der Waals surface area contributed by atoms with E-state index in [9.17, 15) is 0 Å². The molecular weight excluding hydrogens is 298 g/mol. The van der Waals surface area contributed by atoms with Gasteiger partial charge in [0.05, 0.1) is 5.69 Å². The van der Waals surface area contributed by atoms with Crippen molar-refractivity contribution in [1.82, 2.24) is 9.97 Å². The standard InChI is InChI=1S/C12H12BrN3S/c13-8-5-6-11(14-7-8)16-12-15-9-3-1-2-4-10(9)17-12/h5-7H,1-4H2,(H,14,15,16). The summed E-state index contributed by atoms with van der Waals surface area (Å²) in [5, 5.41) is 4.23. The fourth-order valence-electron chi connectivity index (χ4n) is 1.96. The Morgan fingerprint density at radius 1 is 1.24 bits per heavy atom. The van der Waals surface area contributed by atoms with Crippen LogP contribution in [0, 0.1) is 0 Å². The van der Waals surface area contributed by atoms with Gasteiger partial charge >= 0.3 is 0 Å². The molecule has 0 fully saturated rings. The van der Waals surface area contributed by atoms with Gasteiger partial charge in [0.1, 0.15) is 5.82 Å². The molecule has 0 atom stereocenters. The van der Waals surface area contributed by atoms with Crippen molar-refractivity contribution in [2.75, 3.05) is 5.32 Å². The van der Waals surface area contributed by atoms with Crippen LogP contribution in [0.2, 0.25) is 0 Å². The Bertz CT molecular complexity index is 498. The number of nitrogens with zero attached hydrogens (tertiary/aromatic N) is 2. The van der Waals surface area contributed by atoms with Crippen LogP contribution in [0.4, 0.5) is 10.9 Å². The van der Waals surface area contributed by atoms with E-state index in [0.29, 0.717) is 0 Å². The summed E-state index contributed by atoms with van der Waals surface area (Å²) in [6.07, 6.45) is 6.66. The Hall–Kier alpha value is -0.940.